The van der Waals surface area contributed by atoms with Gasteiger partial charge in [-0.15, -0.1) is 0 Å². The Balaban J connectivity index is 1.20. The number of carbonyl (C=O) groups is 2. The SMILES string of the molecule is O=COc1ccc2c(c1)nc(-c1ccc(OCc3cc(N4CCCC4=O)ccc3-c3ccc(Cl)cc3)cc1F)n2C1CCCCC1. The summed E-state index contributed by atoms with van der Waals surface area (Å²) in [5.41, 5.74) is 5.51. The number of halogens is 2. The zero-order valence-corrected chi connectivity index (χ0v) is 26.0. The average molecular weight is 638 g/mol. The Labute approximate surface area is 271 Å². The van der Waals surface area contributed by atoms with Gasteiger partial charge in [0, 0.05) is 41.9 Å². The van der Waals surface area contributed by atoms with Gasteiger partial charge in [0.2, 0.25) is 5.91 Å². The fourth-order valence-electron chi connectivity index (χ4n) is 6.73. The third-order valence-corrected chi connectivity index (χ3v) is 9.24. The third-order valence-electron chi connectivity index (χ3n) is 8.99. The minimum absolute atomic E-state index is 0.107. The standard InChI is InChI=1S/C37H33ClFN3O4/c38-26-10-8-24(9-11-26)31-15-12-28(41-18-4-7-36(41)44)19-25(31)22-45-29-13-16-32(33(39)20-29)37-40-34-21-30(46-23-43)14-17-35(34)42(37)27-5-2-1-3-6-27/h8-17,19-21,23,27H,1-7,18,22H2. The van der Waals surface area contributed by atoms with Crippen molar-refractivity contribution in [2.24, 2.45) is 0 Å². The average Bonchev–Trinajstić information content (AvgIpc) is 3.68. The lowest BCUT2D eigenvalue weighted by Crippen LogP contribution is -2.23. The van der Waals surface area contributed by atoms with Crippen molar-refractivity contribution < 1.29 is 23.5 Å². The molecule has 4 aromatic carbocycles. The number of ether oxygens (including phenoxy) is 2. The molecule has 0 atom stereocenters. The highest BCUT2D eigenvalue weighted by Gasteiger charge is 2.25. The lowest BCUT2D eigenvalue weighted by atomic mass is 9.95. The van der Waals surface area contributed by atoms with Gasteiger partial charge in [-0.3, -0.25) is 9.59 Å². The summed E-state index contributed by atoms with van der Waals surface area (Å²) in [4.78, 5) is 30.1. The molecular weight excluding hydrogens is 605 g/mol. The number of hydrogen-bond donors (Lipinski definition) is 0. The van der Waals surface area contributed by atoms with Crippen molar-refractivity contribution in [3.8, 4) is 34.0 Å². The van der Waals surface area contributed by atoms with Gasteiger partial charge in [0.15, 0.2) is 0 Å². The number of carbonyl (C=O) groups excluding carboxylic acids is 2. The van der Waals surface area contributed by atoms with Gasteiger partial charge in [-0.2, -0.15) is 0 Å². The van der Waals surface area contributed by atoms with Crippen LogP contribution in [0.15, 0.2) is 78.9 Å². The lowest BCUT2D eigenvalue weighted by Gasteiger charge is -2.25. The van der Waals surface area contributed by atoms with E-state index in [1.807, 2.05) is 48.5 Å². The molecule has 2 fully saturated rings. The molecule has 2 heterocycles. The van der Waals surface area contributed by atoms with Crippen molar-refractivity contribution in [1.82, 2.24) is 9.55 Å². The highest BCUT2D eigenvalue weighted by atomic mass is 35.5. The second kappa shape index (κ2) is 13.0. The van der Waals surface area contributed by atoms with Crippen LogP contribution in [0.2, 0.25) is 5.02 Å². The van der Waals surface area contributed by atoms with Crippen LogP contribution in [0.1, 0.15) is 56.6 Å². The molecule has 2 aliphatic rings. The monoisotopic (exact) mass is 637 g/mol. The molecule has 1 saturated carbocycles. The Morgan fingerprint density at radius 3 is 2.41 bits per heavy atom. The van der Waals surface area contributed by atoms with E-state index in [-0.39, 0.29) is 18.6 Å². The number of imidazole rings is 1. The summed E-state index contributed by atoms with van der Waals surface area (Å²) in [6.45, 7) is 1.25. The molecule has 0 bridgehead atoms. The normalized spacial score (nSPS) is 15.4. The molecule has 1 aromatic heterocycles. The smallest absolute Gasteiger partial charge is 0.298 e. The molecule has 46 heavy (non-hydrogen) atoms. The molecule has 0 spiro atoms. The minimum atomic E-state index is -0.441. The van der Waals surface area contributed by atoms with Crippen LogP contribution in [-0.2, 0) is 16.2 Å². The zero-order valence-electron chi connectivity index (χ0n) is 25.3. The van der Waals surface area contributed by atoms with E-state index in [0.29, 0.717) is 52.9 Å². The van der Waals surface area contributed by atoms with Crippen LogP contribution in [-0.4, -0.2) is 28.5 Å². The zero-order chi connectivity index (χ0) is 31.6. The van der Waals surface area contributed by atoms with Gasteiger partial charge in [0.1, 0.15) is 29.7 Å². The Kier molecular flexibility index (Phi) is 8.45. The first kappa shape index (κ1) is 30.0. The second-order valence-corrected chi connectivity index (χ2v) is 12.3. The van der Waals surface area contributed by atoms with Crippen molar-refractivity contribution in [1.29, 1.82) is 0 Å². The Morgan fingerprint density at radius 2 is 1.67 bits per heavy atom. The summed E-state index contributed by atoms with van der Waals surface area (Å²) < 4.78 is 29.4. The molecule has 0 N–H and O–H groups in total. The van der Waals surface area contributed by atoms with Crippen molar-refractivity contribution in [3.05, 3.63) is 95.3 Å². The predicted octanol–water partition coefficient (Wildman–Crippen LogP) is 8.91. The number of hydrogen-bond acceptors (Lipinski definition) is 5. The first-order valence-electron chi connectivity index (χ1n) is 15.7. The maximum atomic E-state index is 16.0. The van der Waals surface area contributed by atoms with Crippen molar-refractivity contribution in [3.63, 3.8) is 0 Å². The molecule has 1 amide bonds. The molecule has 1 aliphatic heterocycles. The quantitative estimate of drug-likeness (QED) is 0.151. The number of anilines is 1. The van der Waals surface area contributed by atoms with Gasteiger partial charge in [0.05, 0.1) is 16.6 Å². The third kappa shape index (κ3) is 5.97. The van der Waals surface area contributed by atoms with Gasteiger partial charge in [-0.25, -0.2) is 9.37 Å². The maximum Gasteiger partial charge on any atom is 0.298 e. The number of fused-ring (bicyclic) bond motifs is 1. The van der Waals surface area contributed by atoms with E-state index in [1.165, 1.54) is 12.5 Å². The summed E-state index contributed by atoms with van der Waals surface area (Å²) in [6.07, 6.45) is 6.76. The topological polar surface area (TPSA) is 73.7 Å². The van der Waals surface area contributed by atoms with E-state index in [9.17, 15) is 9.59 Å². The summed E-state index contributed by atoms with van der Waals surface area (Å²) in [6, 6.07) is 23.9. The van der Waals surface area contributed by atoms with Crippen LogP contribution < -0.4 is 14.4 Å². The van der Waals surface area contributed by atoms with Crippen molar-refractivity contribution in [2.45, 2.75) is 57.6 Å². The van der Waals surface area contributed by atoms with Gasteiger partial charge in [-0.1, -0.05) is 49.1 Å². The van der Waals surface area contributed by atoms with Crippen LogP contribution in [0.3, 0.4) is 0 Å². The first-order chi connectivity index (χ1) is 22.5. The molecule has 234 valence electrons. The Morgan fingerprint density at radius 1 is 0.891 bits per heavy atom. The van der Waals surface area contributed by atoms with Crippen molar-refractivity contribution >= 4 is 40.7 Å². The molecule has 1 aliphatic carbocycles. The number of benzene rings is 4. The van der Waals surface area contributed by atoms with Gasteiger partial charge in [0.25, 0.3) is 6.47 Å². The van der Waals surface area contributed by atoms with E-state index in [2.05, 4.69) is 4.57 Å². The number of nitrogens with zero attached hydrogens (tertiary/aromatic N) is 3. The lowest BCUT2D eigenvalue weighted by molar-refractivity contribution is -0.120. The molecule has 7 nitrogen and oxygen atoms in total. The van der Waals surface area contributed by atoms with Crippen LogP contribution in [0, 0.1) is 5.82 Å². The largest absolute Gasteiger partial charge is 0.489 e. The summed E-state index contributed by atoms with van der Waals surface area (Å²) in [7, 11) is 0. The van der Waals surface area contributed by atoms with Gasteiger partial charge >= 0.3 is 0 Å². The van der Waals surface area contributed by atoms with E-state index in [0.717, 1.165) is 60.0 Å². The van der Waals surface area contributed by atoms with E-state index in [1.54, 1.807) is 29.2 Å². The van der Waals surface area contributed by atoms with E-state index in [4.69, 9.17) is 26.1 Å². The fourth-order valence-corrected chi connectivity index (χ4v) is 6.86. The molecule has 1 saturated heterocycles. The molecule has 0 radical (unpaired) electrons. The number of aromatic nitrogens is 2. The number of amides is 1. The maximum absolute atomic E-state index is 16.0. The van der Waals surface area contributed by atoms with Gasteiger partial charge < -0.3 is 18.9 Å². The highest BCUT2D eigenvalue weighted by molar-refractivity contribution is 6.30. The minimum Gasteiger partial charge on any atom is -0.489 e. The van der Waals surface area contributed by atoms with Crippen LogP contribution >= 0.6 is 11.6 Å². The number of rotatable bonds is 9. The first-order valence-corrected chi connectivity index (χ1v) is 16.1. The summed E-state index contributed by atoms with van der Waals surface area (Å²) in [5, 5.41) is 0.642. The Hall–Kier alpha value is -4.69. The molecule has 5 aromatic rings. The molecule has 7 rings (SSSR count). The Bertz CT molecular complexity index is 1920. The summed E-state index contributed by atoms with van der Waals surface area (Å²) >= 11 is 6.15. The molecule has 9 heteroatoms. The van der Waals surface area contributed by atoms with Crippen LogP contribution in [0.5, 0.6) is 11.5 Å². The van der Waals surface area contributed by atoms with Crippen molar-refractivity contribution in [2.75, 3.05) is 11.4 Å². The predicted molar refractivity (Wildman–Crippen MR) is 177 cm³/mol. The van der Waals surface area contributed by atoms with E-state index >= 15 is 4.39 Å². The fraction of sp³-hybridized carbons (Fsp3) is 0.270. The van der Waals surface area contributed by atoms with Crippen LogP contribution in [0.25, 0.3) is 33.5 Å². The second-order valence-electron chi connectivity index (χ2n) is 11.9. The highest BCUT2D eigenvalue weighted by Crippen LogP contribution is 2.38. The molecular formula is C37H33ClFN3O4. The van der Waals surface area contributed by atoms with Gasteiger partial charge in [-0.05, 0) is 84.5 Å². The van der Waals surface area contributed by atoms with Crippen LogP contribution in [0.4, 0.5) is 10.1 Å². The summed E-state index contributed by atoms with van der Waals surface area (Å²) in [5.74, 6) is 0.983. The van der Waals surface area contributed by atoms with E-state index < -0.39 is 5.82 Å². The molecule has 0 unspecified atom stereocenters.